The van der Waals surface area contributed by atoms with Crippen molar-refractivity contribution in [2.45, 2.75) is 18.3 Å². The molecule has 1 aliphatic rings. The molecule has 0 bridgehead atoms. The van der Waals surface area contributed by atoms with E-state index in [0.29, 0.717) is 6.61 Å². The Morgan fingerprint density at radius 2 is 2.38 bits per heavy atom. The van der Waals surface area contributed by atoms with E-state index in [9.17, 15) is 4.79 Å². The van der Waals surface area contributed by atoms with Gasteiger partial charge in [0, 0.05) is 18.1 Å². The number of ether oxygens (including phenoxy) is 1. The summed E-state index contributed by atoms with van der Waals surface area (Å²) in [5, 5.41) is 3.42. The molecule has 1 aromatic heterocycles. The smallest absolute Gasteiger partial charge is 0.324 e. The molecule has 0 radical (unpaired) electrons. The van der Waals surface area contributed by atoms with Crippen molar-refractivity contribution in [2.24, 2.45) is 0 Å². The van der Waals surface area contributed by atoms with Crippen molar-refractivity contribution in [2.75, 3.05) is 12.4 Å². The van der Waals surface area contributed by atoms with E-state index in [0.717, 1.165) is 11.3 Å². The van der Waals surface area contributed by atoms with Crippen molar-refractivity contribution < 1.29 is 9.53 Å². The van der Waals surface area contributed by atoms with E-state index in [1.165, 1.54) is 0 Å². The van der Waals surface area contributed by atoms with Gasteiger partial charge in [0.25, 0.3) is 0 Å². The molecule has 1 saturated heterocycles. The molecular formula is C11H14N2O2S. The fourth-order valence-electron chi connectivity index (χ4n) is 1.58. The zero-order valence-electron chi connectivity index (χ0n) is 9.05. The van der Waals surface area contributed by atoms with E-state index in [1.54, 1.807) is 24.2 Å². The average molecular weight is 238 g/mol. The molecule has 0 spiro atoms. The van der Waals surface area contributed by atoms with Gasteiger partial charge in [-0.2, -0.15) is 0 Å². The van der Waals surface area contributed by atoms with Gasteiger partial charge >= 0.3 is 5.97 Å². The van der Waals surface area contributed by atoms with Crippen LogP contribution in [0.2, 0.25) is 0 Å². The van der Waals surface area contributed by atoms with Crippen molar-refractivity contribution in [3.8, 4) is 0 Å². The molecule has 0 aliphatic carbocycles. The molecule has 16 heavy (non-hydrogen) atoms. The van der Waals surface area contributed by atoms with Crippen LogP contribution in [0.25, 0.3) is 0 Å². The summed E-state index contributed by atoms with van der Waals surface area (Å²) in [7, 11) is 0. The van der Waals surface area contributed by atoms with Gasteiger partial charge in [-0.15, -0.1) is 11.8 Å². The quantitative estimate of drug-likeness (QED) is 0.806. The zero-order chi connectivity index (χ0) is 11.4. The van der Waals surface area contributed by atoms with Crippen molar-refractivity contribution in [1.29, 1.82) is 0 Å². The minimum Gasteiger partial charge on any atom is -0.465 e. The molecule has 0 aromatic carbocycles. The van der Waals surface area contributed by atoms with Gasteiger partial charge in [-0.25, -0.2) is 0 Å². The molecule has 86 valence electrons. The summed E-state index contributed by atoms with van der Waals surface area (Å²) in [4.78, 5) is 15.5. The monoisotopic (exact) mass is 238 g/mol. The number of nitrogens with one attached hydrogen (secondary N) is 1. The van der Waals surface area contributed by atoms with Gasteiger partial charge in [0.05, 0.1) is 12.0 Å². The number of hydrogen-bond donors (Lipinski definition) is 1. The van der Waals surface area contributed by atoms with Crippen LogP contribution in [0, 0.1) is 0 Å². The van der Waals surface area contributed by atoms with Crippen LogP contribution in [-0.2, 0) is 9.53 Å². The molecule has 1 fully saturated rings. The van der Waals surface area contributed by atoms with Crippen molar-refractivity contribution in [3.05, 3.63) is 30.1 Å². The molecule has 5 heteroatoms. The van der Waals surface area contributed by atoms with Crippen LogP contribution in [0.5, 0.6) is 0 Å². The van der Waals surface area contributed by atoms with Gasteiger partial charge in [-0.05, 0) is 24.6 Å². The number of aromatic nitrogens is 1. The topological polar surface area (TPSA) is 51.2 Å². The van der Waals surface area contributed by atoms with E-state index in [4.69, 9.17) is 4.74 Å². The first-order valence-corrected chi connectivity index (χ1v) is 6.30. The Morgan fingerprint density at radius 1 is 1.62 bits per heavy atom. The largest absolute Gasteiger partial charge is 0.465 e. The highest BCUT2D eigenvalue weighted by molar-refractivity contribution is 7.99. The number of hydrogen-bond acceptors (Lipinski definition) is 5. The Balaban J connectivity index is 1.96. The third-order valence-corrected chi connectivity index (χ3v) is 3.63. The Morgan fingerprint density at radius 3 is 3.06 bits per heavy atom. The summed E-state index contributed by atoms with van der Waals surface area (Å²) in [5.41, 5.74) is 1.15. The molecule has 2 rings (SSSR count). The summed E-state index contributed by atoms with van der Waals surface area (Å²) in [6.07, 6.45) is 3.52. The predicted octanol–water partition coefficient (Wildman–Crippen LogP) is 1.35. The van der Waals surface area contributed by atoms with Crippen LogP contribution < -0.4 is 5.32 Å². The van der Waals surface area contributed by atoms with Crippen LogP contribution in [-0.4, -0.2) is 29.4 Å². The number of esters is 1. The summed E-state index contributed by atoms with van der Waals surface area (Å²) in [6, 6.07) is 3.72. The second-order valence-electron chi connectivity index (χ2n) is 3.47. The molecular weight excluding hydrogens is 224 g/mol. The number of pyridine rings is 1. The standard InChI is InChI=1S/C11H14N2O2S/c1-2-15-11(14)9-7-16-10(13-9)8-3-5-12-6-4-8/h3-6,9-10,13H,2,7H2,1H3. The second-order valence-corrected chi connectivity index (χ2v) is 4.60. The van der Waals surface area contributed by atoms with Gasteiger partial charge in [0.1, 0.15) is 6.04 Å². The molecule has 2 unspecified atom stereocenters. The maximum absolute atomic E-state index is 11.5. The first kappa shape index (κ1) is 11.4. The van der Waals surface area contributed by atoms with Crippen molar-refractivity contribution in [1.82, 2.24) is 10.3 Å². The van der Waals surface area contributed by atoms with Gasteiger partial charge in [0.15, 0.2) is 0 Å². The van der Waals surface area contributed by atoms with Crippen LogP contribution >= 0.6 is 11.8 Å². The molecule has 2 heterocycles. The van der Waals surface area contributed by atoms with E-state index < -0.39 is 0 Å². The van der Waals surface area contributed by atoms with Crippen molar-refractivity contribution in [3.63, 3.8) is 0 Å². The number of thioether (sulfide) groups is 1. The summed E-state index contributed by atoms with van der Waals surface area (Å²) < 4.78 is 4.98. The lowest BCUT2D eigenvalue weighted by atomic mass is 10.2. The number of carbonyl (C=O) groups excluding carboxylic acids is 1. The lowest BCUT2D eigenvalue weighted by molar-refractivity contribution is -0.144. The molecule has 0 amide bonds. The third-order valence-electron chi connectivity index (χ3n) is 2.36. The molecule has 4 nitrogen and oxygen atoms in total. The van der Waals surface area contributed by atoms with E-state index >= 15 is 0 Å². The molecule has 1 aliphatic heterocycles. The predicted molar refractivity (Wildman–Crippen MR) is 63.0 cm³/mol. The fourth-order valence-corrected chi connectivity index (χ4v) is 2.81. The maximum atomic E-state index is 11.5. The maximum Gasteiger partial charge on any atom is 0.324 e. The van der Waals surface area contributed by atoms with E-state index in [1.807, 2.05) is 19.1 Å². The number of carbonyl (C=O) groups is 1. The van der Waals surface area contributed by atoms with Crippen molar-refractivity contribution >= 4 is 17.7 Å². The molecule has 0 saturated carbocycles. The van der Waals surface area contributed by atoms with Crippen LogP contribution in [0.15, 0.2) is 24.5 Å². The summed E-state index contributed by atoms with van der Waals surface area (Å²) in [6.45, 7) is 2.25. The van der Waals surface area contributed by atoms with Gasteiger partial charge in [-0.1, -0.05) is 0 Å². The Kier molecular flexibility index (Phi) is 3.79. The van der Waals surface area contributed by atoms with Crippen LogP contribution in [0.1, 0.15) is 17.9 Å². The van der Waals surface area contributed by atoms with E-state index in [2.05, 4.69) is 10.3 Å². The molecule has 1 N–H and O–H groups in total. The highest BCUT2D eigenvalue weighted by Gasteiger charge is 2.31. The zero-order valence-corrected chi connectivity index (χ0v) is 9.87. The molecule has 2 atom stereocenters. The Hall–Kier alpha value is -1.07. The van der Waals surface area contributed by atoms with Crippen LogP contribution in [0.4, 0.5) is 0 Å². The van der Waals surface area contributed by atoms with Gasteiger partial charge < -0.3 is 4.74 Å². The summed E-state index contributed by atoms with van der Waals surface area (Å²) in [5.74, 6) is 0.595. The first-order valence-electron chi connectivity index (χ1n) is 5.25. The molecule has 1 aromatic rings. The average Bonchev–Trinajstić information content (AvgIpc) is 2.80. The third kappa shape index (κ3) is 2.54. The lowest BCUT2D eigenvalue weighted by Gasteiger charge is -2.12. The Labute approximate surface area is 98.8 Å². The minimum atomic E-state index is -0.192. The highest BCUT2D eigenvalue weighted by atomic mass is 32.2. The SMILES string of the molecule is CCOC(=O)C1CSC(c2ccncc2)N1. The van der Waals surface area contributed by atoms with E-state index in [-0.39, 0.29) is 17.4 Å². The van der Waals surface area contributed by atoms with Gasteiger partial charge in [0.2, 0.25) is 0 Å². The van der Waals surface area contributed by atoms with Gasteiger partial charge in [-0.3, -0.25) is 15.1 Å². The lowest BCUT2D eigenvalue weighted by Crippen LogP contribution is -2.35. The first-order chi connectivity index (χ1) is 7.81. The second kappa shape index (κ2) is 5.32. The normalized spacial score (nSPS) is 24.3. The minimum absolute atomic E-state index is 0.161. The number of rotatable bonds is 3. The summed E-state index contributed by atoms with van der Waals surface area (Å²) >= 11 is 1.72. The highest BCUT2D eigenvalue weighted by Crippen LogP contribution is 2.32. The Bertz CT molecular complexity index is 358. The van der Waals surface area contributed by atoms with Crippen LogP contribution in [0.3, 0.4) is 0 Å². The fraction of sp³-hybridized carbons (Fsp3) is 0.455. The number of nitrogens with zero attached hydrogens (tertiary/aromatic N) is 1.